The van der Waals surface area contributed by atoms with Crippen LogP contribution in [0.4, 0.5) is 23.2 Å². The fourth-order valence-electron chi connectivity index (χ4n) is 3.79. The molecule has 0 bridgehead atoms. The maximum absolute atomic E-state index is 13.5. The molecule has 0 radical (unpaired) electrons. The number of fused-ring (bicyclic) bond motifs is 1. The van der Waals surface area contributed by atoms with Crippen LogP contribution in [0, 0.1) is 18.7 Å². The van der Waals surface area contributed by atoms with Gasteiger partial charge in [0.15, 0.2) is 0 Å². The molecule has 0 fully saturated rings. The number of benzene rings is 2. The quantitative estimate of drug-likeness (QED) is 0.490. The van der Waals surface area contributed by atoms with Gasteiger partial charge in [-0.15, -0.1) is 0 Å². The van der Waals surface area contributed by atoms with Crippen molar-refractivity contribution in [3.8, 4) is 0 Å². The highest BCUT2D eigenvalue weighted by Crippen LogP contribution is 2.28. The highest BCUT2D eigenvalue weighted by molar-refractivity contribution is 6.20. The molecule has 2 aromatic carbocycles. The number of nitrogens with zero attached hydrogens (tertiary/aromatic N) is 1. The molecule has 0 saturated heterocycles. The number of alkyl halides is 3. The second-order valence-corrected chi connectivity index (χ2v) is 8.26. The molecule has 35 heavy (non-hydrogen) atoms. The Kier molecular flexibility index (Phi) is 7.88. The minimum absolute atomic E-state index is 0.253. The maximum atomic E-state index is 13.5. The van der Waals surface area contributed by atoms with E-state index >= 15 is 0 Å². The molecule has 11 heteroatoms. The fourth-order valence-corrected chi connectivity index (χ4v) is 3.79. The minimum atomic E-state index is -4.41. The van der Waals surface area contributed by atoms with E-state index in [2.05, 4.69) is 15.6 Å². The van der Waals surface area contributed by atoms with E-state index in [-0.39, 0.29) is 12.8 Å². The van der Waals surface area contributed by atoms with Crippen LogP contribution in [0.15, 0.2) is 47.5 Å². The van der Waals surface area contributed by atoms with Crippen molar-refractivity contribution in [3.05, 3.63) is 65.0 Å². The van der Waals surface area contributed by atoms with Crippen LogP contribution in [0.2, 0.25) is 0 Å². The zero-order valence-corrected chi connectivity index (χ0v) is 18.8. The molecule has 3 rings (SSSR count). The maximum Gasteiger partial charge on any atom is 0.389 e. The van der Waals surface area contributed by atoms with Gasteiger partial charge in [0, 0.05) is 29.9 Å². The summed E-state index contributed by atoms with van der Waals surface area (Å²) in [7, 11) is 0. The number of anilines is 1. The molecular weight excluding hydrogens is 468 g/mol. The first-order valence-corrected chi connectivity index (χ1v) is 10.8. The molecule has 0 aromatic heterocycles. The number of benzodiazepines with no additional fused rings is 1. The lowest BCUT2D eigenvalue weighted by atomic mass is 9.96. The largest absolute Gasteiger partial charge is 0.389 e. The zero-order chi connectivity index (χ0) is 25.8. The van der Waals surface area contributed by atoms with Crippen molar-refractivity contribution < 1.29 is 31.9 Å². The van der Waals surface area contributed by atoms with Crippen LogP contribution in [-0.4, -0.2) is 35.8 Å². The average Bonchev–Trinajstić information content (AvgIpc) is 2.90. The molecular formula is C24H24F4N4O3. The molecule has 3 amide bonds. The molecule has 1 heterocycles. The van der Waals surface area contributed by atoms with E-state index in [0.29, 0.717) is 22.5 Å². The molecule has 186 valence electrons. The van der Waals surface area contributed by atoms with E-state index in [1.165, 1.54) is 24.3 Å². The van der Waals surface area contributed by atoms with Crippen molar-refractivity contribution >= 4 is 29.1 Å². The summed E-state index contributed by atoms with van der Waals surface area (Å²) in [6.07, 6.45) is -8.11. The number of nitrogens with two attached hydrogens (primary N) is 1. The molecule has 1 aliphatic heterocycles. The number of nitrogens with one attached hydrogen (secondary N) is 2. The monoisotopic (exact) mass is 492 g/mol. The third kappa shape index (κ3) is 6.87. The van der Waals surface area contributed by atoms with Crippen LogP contribution in [0.25, 0.3) is 0 Å². The first kappa shape index (κ1) is 25.9. The van der Waals surface area contributed by atoms with Crippen LogP contribution >= 0.6 is 0 Å². The Bertz CT molecular complexity index is 1150. The summed E-state index contributed by atoms with van der Waals surface area (Å²) in [6, 6.07) is 10.6. The van der Waals surface area contributed by atoms with Gasteiger partial charge in [-0.05, 0) is 49.6 Å². The van der Waals surface area contributed by atoms with Crippen LogP contribution < -0.4 is 16.4 Å². The summed E-state index contributed by atoms with van der Waals surface area (Å²) in [6.45, 7) is 1.77. The smallest absolute Gasteiger partial charge is 0.370 e. The lowest BCUT2D eigenvalue weighted by molar-refractivity contribution is -0.138. The fraction of sp³-hybridized carbons (Fsp3) is 0.333. The Hall–Kier alpha value is -3.76. The van der Waals surface area contributed by atoms with Gasteiger partial charge in [0.25, 0.3) is 5.91 Å². The summed E-state index contributed by atoms with van der Waals surface area (Å²) in [5.41, 5.74) is 7.68. The summed E-state index contributed by atoms with van der Waals surface area (Å²) in [4.78, 5) is 41.7. The van der Waals surface area contributed by atoms with Crippen LogP contribution in [-0.2, 0) is 14.4 Å². The van der Waals surface area contributed by atoms with Crippen molar-refractivity contribution in [2.45, 2.75) is 44.9 Å². The van der Waals surface area contributed by atoms with Gasteiger partial charge in [0.1, 0.15) is 5.82 Å². The molecule has 0 saturated carbocycles. The van der Waals surface area contributed by atoms with Crippen LogP contribution in [0.3, 0.4) is 0 Å². The highest BCUT2D eigenvalue weighted by Gasteiger charge is 2.32. The standard InChI is InChI=1S/C24H24F4N4O3/c1-13-4-2-6-17-19(13)31-23(35)21(30-20(17)14-7-9-16(25)10-8-14)32-22(34)15(12-18(29)33)5-3-11-24(26,27)28/h2,4,6-10,15,21H,3,5,11-12H2,1H3,(H2,29,33)(H,31,35)(H,32,34). The van der Waals surface area contributed by atoms with E-state index in [9.17, 15) is 31.9 Å². The van der Waals surface area contributed by atoms with E-state index in [4.69, 9.17) is 5.73 Å². The van der Waals surface area contributed by atoms with Crippen molar-refractivity contribution in [2.24, 2.45) is 16.6 Å². The Morgan fingerprint density at radius 1 is 1.17 bits per heavy atom. The predicted molar refractivity (Wildman–Crippen MR) is 121 cm³/mol. The zero-order valence-electron chi connectivity index (χ0n) is 18.8. The number of rotatable bonds is 8. The van der Waals surface area contributed by atoms with Gasteiger partial charge >= 0.3 is 6.18 Å². The van der Waals surface area contributed by atoms with Crippen LogP contribution in [0.1, 0.15) is 42.4 Å². The van der Waals surface area contributed by atoms with Gasteiger partial charge in [0.05, 0.1) is 11.4 Å². The van der Waals surface area contributed by atoms with E-state index < -0.39 is 54.6 Å². The van der Waals surface area contributed by atoms with E-state index in [1.807, 2.05) is 0 Å². The van der Waals surface area contributed by atoms with E-state index in [1.54, 1.807) is 25.1 Å². The Balaban J connectivity index is 1.92. The molecule has 4 N–H and O–H groups in total. The highest BCUT2D eigenvalue weighted by atomic mass is 19.4. The van der Waals surface area contributed by atoms with Gasteiger partial charge < -0.3 is 16.4 Å². The summed E-state index contributed by atoms with van der Waals surface area (Å²) in [5.74, 6) is -4.00. The van der Waals surface area contributed by atoms with Gasteiger partial charge in [-0.3, -0.25) is 14.4 Å². The molecule has 7 nitrogen and oxygen atoms in total. The average molecular weight is 492 g/mol. The molecule has 2 aromatic rings. The first-order chi connectivity index (χ1) is 16.4. The lowest BCUT2D eigenvalue weighted by Gasteiger charge is -2.19. The number of amides is 3. The van der Waals surface area contributed by atoms with Gasteiger partial charge in [-0.25, -0.2) is 9.38 Å². The number of hydrogen-bond donors (Lipinski definition) is 3. The molecule has 2 unspecified atom stereocenters. The Morgan fingerprint density at radius 3 is 2.49 bits per heavy atom. The van der Waals surface area contributed by atoms with Gasteiger partial charge in [-0.1, -0.05) is 18.2 Å². The second-order valence-electron chi connectivity index (χ2n) is 8.26. The minimum Gasteiger partial charge on any atom is -0.370 e. The summed E-state index contributed by atoms with van der Waals surface area (Å²) in [5, 5.41) is 5.14. The SMILES string of the molecule is Cc1cccc2c1NC(=O)C(NC(=O)C(CCCC(F)(F)F)CC(N)=O)N=C2c1ccc(F)cc1. The second kappa shape index (κ2) is 10.7. The number of para-hydroxylation sites is 1. The number of carbonyl (C=O) groups excluding carboxylic acids is 3. The van der Waals surface area contributed by atoms with Crippen molar-refractivity contribution in [1.29, 1.82) is 0 Å². The van der Waals surface area contributed by atoms with Crippen molar-refractivity contribution in [1.82, 2.24) is 5.32 Å². The van der Waals surface area contributed by atoms with E-state index in [0.717, 1.165) is 5.56 Å². The number of hydrogen-bond acceptors (Lipinski definition) is 4. The number of primary amides is 1. The van der Waals surface area contributed by atoms with Crippen molar-refractivity contribution in [3.63, 3.8) is 0 Å². The third-order valence-corrected chi connectivity index (χ3v) is 5.51. The number of aryl methyl sites for hydroxylation is 1. The summed E-state index contributed by atoms with van der Waals surface area (Å²) >= 11 is 0. The Labute approximate surface area is 198 Å². The van der Waals surface area contributed by atoms with Gasteiger partial charge in [0.2, 0.25) is 18.0 Å². The van der Waals surface area contributed by atoms with Gasteiger partial charge in [-0.2, -0.15) is 13.2 Å². The lowest BCUT2D eigenvalue weighted by Crippen LogP contribution is -2.45. The summed E-state index contributed by atoms with van der Waals surface area (Å²) < 4.78 is 51.1. The van der Waals surface area contributed by atoms with Crippen molar-refractivity contribution in [2.75, 3.05) is 5.32 Å². The molecule has 1 aliphatic rings. The van der Waals surface area contributed by atoms with Crippen LogP contribution in [0.5, 0.6) is 0 Å². The number of halogens is 4. The predicted octanol–water partition coefficient (Wildman–Crippen LogP) is 3.59. The Morgan fingerprint density at radius 2 is 1.86 bits per heavy atom. The topological polar surface area (TPSA) is 114 Å². The third-order valence-electron chi connectivity index (χ3n) is 5.51. The normalized spacial score (nSPS) is 16.4. The number of aliphatic imine (C=N–C) groups is 1. The first-order valence-electron chi connectivity index (χ1n) is 10.8. The number of carbonyl (C=O) groups is 3. The molecule has 0 spiro atoms. The molecule has 0 aliphatic carbocycles. The molecule has 2 atom stereocenters.